The van der Waals surface area contributed by atoms with Gasteiger partial charge in [0.2, 0.25) is 5.91 Å². The monoisotopic (exact) mass is 385 g/mol. The molecule has 1 N–H and O–H groups in total. The maximum atomic E-state index is 11.2. The van der Waals surface area contributed by atoms with Crippen molar-refractivity contribution in [1.82, 2.24) is 5.32 Å². The highest BCUT2D eigenvalue weighted by atomic mass is 35.5. The van der Waals surface area contributed by atoms with E-state index in [0.717, 1.165) is 0 Å². The van der Waals surface area contributed by atoms with Gasteiger partial charge in [-0.05, 0) is 13.0 Å². The molecule has 1 aromatic carbocycles. The summed E-state index contributed by atoms with van der Waals surface area (Å²) in [5.74, 6) is 0.433. The van der Waals surface area contributed by atoms with Crippen molar-refractivity contribution in [3.05, 3.63) is 22.7 Å². The fraction of sp³-hybridized carbons (Fsp3) is 0.333. The number of ether oxygens (including phenoxy) is 3. The summed E-state index contributed by atoms with van der Waals surface area (Å²) in [6, 6.07) is 3.15. The minimum atomic E-state index is -0.517. The van der Waals surface area contributed by atoms with Gasteiger partial charge in [0.05, 0.1) is 30.7 Å². The van der Waals surface area contributed by atoms with E-state index in [0.29, 0.717) is 39.6 Å². The zero-order chi connectivity index (χ0) is 18.2. The molecule has 0 unspecified atom stereocenters. The van der Waals surface area contributed by atoms with Gasteiger partial charge in [-0.3, -0.25) is 4.79 Å². The van der Waals surface area contributed by atoms with Crippen LogP contribution in [-0.2, 0) is 14.3 Å². The van der Waals surface area contributed by atoms with Gasteiger partial charge in [-0.25, -0.2) is 4.79 Å². The fourth-order valence-electron chi connectivity index (χ4n) is 1.75. The first-order valence-electron chi connectivity index (χ1n) is 7.23. The first-order valence-corrected chi connectivity index (χ1v) is 8.59. The third kappa shape index (κ3) is 5.64. The third-order valence-electron chi connectivity index (χ3n) is 2.87. The predicted octanol–water partition coefficient (Wildman–Crippen LogP) is 1.84. The van der Waals surface area contributed by atoms with Gasteiger partial charge < -0.3 is 19.5 Å². The topological polar surface area (TPSA) is 98.6 Å². The number of halogens is 1. The molecule has 0 atom stereocenters. The zero-order valence-electron chi connectivity index (χ0n) is 13.6. The largest absolute Gasteiger partial charge is 0.490 e. The van der Waals surface area contributed by atoms with E-state index < -0.39 is 5.97 Å². The van der Waals surface area contributed by atoms with Crippen LogP contribution >= 0.6 is 23.4 Å². The first-order chi connectivity index (χ1) is 12.0. The number of carbonyl (C=O) groups is 2. The lowest BCUT2D eigenvalue weighted by atomic mass is 10.2. The number of carbonyl (C=O) groups excluding carboxylic acids is 2. The molecule has 0 aliphatic carbocycles. The van der Waals surface area contributed by atoms with Gasteiger partial charge in [-0.1, -0.05) is 23.4 Å². The number of hydrogen-bond donors (Lipinski definition) is 1. The molecule has 134 valence electrons. The number of amidine groups is 1. The lowest BCUT2D eigenvalue weighted by Gasteiger charge is -2.12. The molecule has 0 aromatic heterocycles. The highest BCUT2D eigenvalue weighted by Crippen LogP contribution is 2.33. The second-order valence-corrected chi connectivity index (χ2v) is 5.98. The maximum absolute atomic E-state index is 11.2. The van der Waals surface area contributed by atoms with Gasteiger partial charge in [0, 0.05) is 11.6 Å². The zero-order valence-corrected chi connectivity index (χ0v) is 15.1. The lowest BCUT2D eigenvalue weighted by molar-refractivity contribution is -0.142. The summed E-state index contributed by atoms with van der Waals surface area (Å²) >= 11 is 7.47. The molecule has 2 rings (SSSR count). The minimum Gasteiger partial charge on any atom is -0.490 e. The Balaban J connectivity index is 2.16. The van der Waals surface area contributed by atoms with Crippen LogP contribution in [0.15, 0.2) is 22.3 Å². The van der Waals surface area contributed by atoms with E-state index in [-0.39, 0.29) is 12.5 Å². The second kappa shape index (κ2) is 9.28. The van der Waals surface area contributed by atoms with Crippen LogP contribution < -0.4 is 14.8 Å². The Hall–Kier alpha value is -2.26. The molecule has 1 heterocycles. The molecule has 1 amide bonds. The van der Waals surface area contributed by atoms with E-state index in [4.69, 9.17) is 21.1 Å². The van der Waals surface area contributed by atoms with E-state index in [2.05, 4.69) is 20.3 Å². The molecule has 0 radical (unpaired) electrons. The molecule has 25 heavy (non-hydrogen) atoms. The highest BCUT2D eigenvalue weighted by molar-refractivity contribution is 8.15. The van der Waals surface area contributed by atoms with Crippen molar-refractivity contribution in [2.24, 2.45) is 10.2 Å². The Morgan fingerprint density at radius 2 is 2.16 bits per heavy atom. The summed E-state index contributed by atoms with van der Waals surface area (Å²) in [5, 5.41) is 11.2. The van der Waals surface area contributed by atoms with Crippen LogP contribution in [-0.4, -0.2) is 49.3 Å². The SMILES string of the molecule is CCOc1cc(C=NN=C2NC(=O)CS2)c(Cl)cc1OCC(=O)OC. The van der Waals surface area contributed by atoms with Gasteiger partial charge in [0.25, 0.3) is 0 Å². The smallest absolute Gasteiger partial charge is 0.343 e. The van der Waals surface area contributed by atoms with Crippen molar-refractivity contribution in [2.45, 2.75) is 6.92 Å². The molecule has 1 saturated heterocycles. The summed E-state index contributed by atoms with van der Waals surface area (Å²) in [5.41, 5.74) is 0.550. The number of nitrogens with zero attached hydrogens (tertiary/aromatic N) is 2. The Kier molecular flexibility index (Phi) is 7.08. The van der Waals surface area contributed by atoms with Crippen LogP contribution in [0.3, 0.4) is 0 Å². The van der Waals surface area contributed by atoms with Crippen LogP contribution in [0, 0.1) is 0 Å². The predicted molar refractivity (Wildman–Crippen MR) is 95.8 cm³/mol. The Morgan fingerprint density at radius 1 is 1.40 bits per heavy atom. The molecule has 0 bridgehead atoms. The molecule has 1 aliphatic rings. The van der Waals surface area contributed by atoms with Crippen LogP contribution in [0.25, 0.3) is 0 Å². The van der Waals surface area contributed by atoms with Crippen molar-refractivity contribution >= 4 is 46.6 Å². The quantitative estimate of drug-likeness (QED) is 0.437. The summed E-state index contributed by atoms with van der Waals surface area (Å²) in [7, 11) is 1.27. The number of nitrogens with one attached hydrogen (secondary N) is 1. The van der Waals surface area contributed by atoms with Crippen molar-refractivity contribution < 1.29 is 23.8 Å². The summed E-state index contributed by atoms with van der Waals surface area (Å²) < 4.78 is 15.4. The number of hydrogen-bond acceptors (Lipinski definition) is 8. The van der Waals surface area contributed by atoms with Gasteiger partial charge in [0.15, 0.2) is 23.3 Å². The average Bonchev–Trinajstić information content (AvgIpc) is 3.01. The Bertz CT molecular complexity index is 723. The first kappa shape index (κ1) is 19.1. The molecular weight excluding hydrogens is 370 g/mol. The van der Waals surface area contributed by atoms with Crippen molar-refractivity contribution in [1.29, 1.82) is 0 Å². The van der Waals surface area contributed by atoms with E-state index in [1.54, 1.807) is 6.07 Å². The molecular formula is C15H16ClN3O5S. The maximum Gasteiger partial charge on any atom is 0.343 e. The number of esters is 1. The van der Waals surface area contributed by atoms with Gasteiger partial charge >= 0.3 is 5.97 Å². The fourth-order valence-corrected chi connectivity index (χ4v) is 2.58. The van der Waals surface area contributed by atoms with Crippen LogP contribution in [0.2, 0.25) is 5.02 Å². The van der Waals surface area contributed by atoms with Crippen LogP contribution in [0.5, 0.6) is 11.5 Å². The van der Waals surface area contributed by atoms with E-state index in [1.165, 1.54) is 31.2 Å². The van der Waals surface area contributed by atoms with E-state index in [1.807, 2.05) is 6.92 Å². The Labute approximate surface area is 153 Å². The van der Waals surface area contributed by atoms with Crippen LogP contribution in [0.4, 0.5) is 0 Å². The number of benzene rings is 1. The summed E-state index contributed by atoms with van der Waals surface area (Å²) in [4.78, 5) is 22.3. The van der Waals surface area contributed by atoms with Crippen LogP contribution in [0.1, 0.15) is 12.5 Å². The molecule has 10 heteroatoms. The summed E-state index contributed by atoms with van der Waals surface area (Å²) in [6.07, 6.45) is 1.44. The van der Waals surface area contributed by atoms with Crippen molar-refractivity contribution in [2.75, 3.05) is 26.1 Å². The number of rotatable bonds is 7. The molecule has 1 aromatic rings. The highest BCUT2D eigenvalue weighted by Gasteiger charge is 2.16. The summed E-state index contributed by atoms with van der Waals surface area (Å²) in [6.45, 7) is 1.96. The Morgan fingerprint density at radius 3 is 2.80 bits per heavy atom. The molecule has 1 aliphatic heterocycles. The van der Waals surface area contributed by atoms with E-state index >= 15 is 0 Å². The van der Waals surface area contributed by atoms with Gasteiger partial charge in [-0.2, -0.15) is 5.10 Å². The number of amides is 1. The number of thioether (sulfide) groups is 1. The molecule has 0 saturated carbocycles. The lowest BCUT2D eigenvalue weighted by Crippen LogP contribution is -2.19. The van der Waals surface area contributed by atoms with Gasteiger partial charge in [0.1, 0.15) is 0 Å². The molecule has 8 nitrogen and oxygen atoms in total. The standard InChI is InChI=1S/C15H16ClN3O5S/c1-3-23-11-4-9(6-17-19-15-18-13(20)8-25-15)10(16)5-12(11)24-7-14(21)22-2/h4-6H,3,7-8H2,1-2H3,(H,18,19,20). The second-order valence-electron chi connectivity index (χ2n) is 4.60. The van der Waals surface area contributed by atoms with E-state index in [9.17, 15) is 9.59 Å². The minimum absolute atomic E-state index is 0.109. The average molecular weight is 386 g/mol. The third-order valence-corrected chi connectivity index (χ3v) is 4.06. The normalized spacial score (nSPS) is 15.5. The number of methoxy groups -OCH3 is 1. The molecule has 1 fully saturated rings. The van der Waals surface area contributed by atoms with Crippen molar-refractivity contribution in [3.63, 3.8) is 0 Å². The van der Waals surface area contributed by atoms with Crippen molar-refractivity contribution in [3.8, 4) is 11.5 Å². The van der Waals surface area contributed by atoms with Gasteiger partial charge in [-0.15, -0.1) is 5.10 Å². The molecule has 0 spiro atoms.